The smallest absolute Gasteiger partial charge is 0.128 e. The summed E-state index contributed by atoms with van der Waals surface area (Å²) in [6, 6.07) is 10.5. The van der Waals surface area contributed by atoms with Crippen LogP contribution in [0, 0.1) is 11.3 Å². The molecule has 0 bridgehead atoms. The molecule has 2 N–H and O–H groups in total. The number of anilines is 1. The Morgan fingerprint density at radius 3 is 2.56 bits per heavy atom. The molecule has 1 aromatic carbocycles. The van der Waals surface area contributed by atoms with Crippen molar-refractivity contribution in [1.29, 1.82) is 5.26 Å². The van der Waals surface area contributed by atoms with E-state index in [1.165, 1.54) is 22.5 Å². The number of rotatable bonds is 3. The summed E-state index contributed by atoms with van der Waals surface area (Å²) in [5.74, 6) is 0. The Bertz CT molecular complexity index is 605. The summed E-state index contributed by atoms with van der Waals surface area (Å²) in [5, 5.41) is 9.11. The molecule has 0 radical (unpaired) electrons. The van der Waals surface area contributed by atoms with E-state index in [2.05, 4.69) is 38.1 Å². The second-order valence-corrected chi connectivity index (χ2v) is 5.15. The highest BCUT2D eigenvalue weighted by molar-refractivity contribution is 7.16. The summed E-state index contributed by atoms with van der Waals surface area (Å²) in [6.07, 6.45) is 1.84. The lowest BCUT2D eigenvalue weighted by Gasteiger charge is -2.07. The van der Waals surface area contributed by atoms with Crippen molar-refractivity contribution in [3.63, 3.8) is 0 Å². The van der Waals surface area contributed by atoms with Gasteiger partial charge < -0.3 is 5.73 Å². The molecule has 1 aromatic heterocycles. The second-order valence-electron chi connectivity index (χ2n) is 4.13. The minimum Gasteiger partial charge on any atom is -0.397 e. The minimum atomic E-state index is 0.632. The van der Waals surface area contributed by atoms with Crippen LogP contribution in [-0.2, 0) is 12.8 Å². The van der Waals surface area contributed by atoms with Gasteiger partial charge in [0.2, 0.25) is 0 Å². The van der Waals surface area contributed by atoms with Gasteiger partial charge in [-0.3, -0.25) is 0 Å². The maximum Gasteiger partial charge on any atom is 0.128 e. The van der Waals surface area contributed by atoms with Crippen LogP contribution in [0.5, 0.6) is 0 Å². The molecular weight excluding hydrogens is 240 g/mol. The Morgan fingerprint density at radius 2 is 1.94 bits per heavy atom. The number of nitrogens with two attached hydrogens (primary N) is 1. The normalized spacial score (nSPS) is 10.3. The standard InChI is InChI=1S/C15H16N2S/c1-3-10-7-5-6-8-12(10)15-11(4-2)14(17)13(9-16)18-15/h5-8H,3-4,17H2,1-2H3. The molecule has 2 rings (SSSR count). The molecular formula is C15H16N2S. The number of hydrogen-bond acceptors (Lipinski definition) is 3. The molecule has 0 saturated heterocycles. The van der Waals surface area contributed by atoms with Crippen LogP contribution in [0.4, 0.5) is 5.69 Å². The van der Waals surface area contributed by atoms with E-state index in [9.17, 15) is 0 Å². The third-order valence-electron chi connectivity index (χ3n) is 3.15. The molecule has 3 heteroatoms. The zero-order valence-electron chi connectivity index (χ0n) is 10.7. The van der Waals surface area contributed by atoms with E-state index in [1.54, 1.807) is 0 Å². The van der Waals surface area contributed by atoms with Crippen LogP contribution in [0.3, 0.4) is 0 Å². The summed E-state index contributed by atoms with van der Waals surface area (Å²) in [6.45, 7) is 4.23. The molecule has 0 amide bonds. The molecule has 0 unspecified atom stereocenters. The van der Waals surface area contributed by atoms with E-state index in [4.69, 9.17) is 11.0 Å². The number of hydrogen-bond donors (Lipinski definition) is 1. The lowest BCUT2D eigenvalue weighted by molar-refractivity contribution is 1.13. The topological polar surface area (TPSA) is 49.8 Å². The summed E-state index contributed by atoms with van der Waals surface area (Å²) < 4.78 is 0. The zero-order chi connectivity index (χ0) is 13.1. The number of benzene rings is 1. The first kappa shape index (κ1) is 12.7. The first-order valence-electron chi connectivity index (χ1n) is 6.12. The van der Waals surface area contributed by atoms with E-state index < -0.39 is 0 Å². The zero-order valence-corrected chi connectivity index (χ0v) is 11.5. The van der Waals surface area contributed by atoms with Crippen molar-refractivity contribution in [2.75, 3.05) is 5.73 Å². The summed E-state index contributed by atoms with van der Waals surface area (Å²) in [4.78, 5) is 1.79. The van der Waals surface area contributed by atoms with Crippen LogP contribution in [0.25, 0.3) is 10.4 Å². The van der Waals surface area contributed by atoms with E-state index >= 15 is 0 Å². The Labute approximate surface area is 112 Å². The van der Waals surface area contributed by atoms with Gasteiger partial charge in [-0.1, -0.05) is 38.1 Å². The van der Waals surface area contributed by atoms with Crippen LogP contribution in [-0.4, -0.2) is 0 Å². The number of nitriles is 1. The number of nitrogens with zero attached hydrogens (tertiary/aromatic N) is 1. The molecule has 0 aliphatic carbocycles. The van der Waals surface area contributed by atoms with Crippen LogP contribution in [0.2, 0.25) is 0 Å². The SMILES string of the molecule is CCc1ccccc1-c1sc(C#N)c(N)c1CC. The largest absolute Gasteiger partial charge is 0.397 e. The third-order valence-corrected chi connectivity index (χ3v) is 4.33. The van der Waals surface area contributed by atoms with Crippen LogP contribution in [0.1, 0.15) is 29.9 Å². The molecule has 0 spiro atoms. The van der Waals surface area contributed by atoms with Crippen molar-refractivity contribution in [1.82, 2.24) is 0 Å². The van der Waals surface area contributed by atoms with Gasteiger partial charge in [0.15, 0.2) is 0 Å². The predicted molar refractivity (Wildman–Crippen MR) is 77.6 cm³/mol. The van der Waals surface area contributed by atoms with Crippen molar-refractivity contribution >= 4 is 17.0 Å². The van der Waals surface area contributed by atoms with Crippen LogP contribution < -0.4 is 5.73 Å². The number of nitrogen functional groups attached to an aromatic ring is 1. The molecule has 0 aliphatic rings. The Balaban J connectivity index is 2.68. The Hall–Kier alpha value is -1.79. The lowest BCUT2D eigenvalue weighted by Crippen LogP contribution is -1.93. The van der Waals surface area contributed by atoms with E-state index in [-0.39, 0.29) is 0 Å². The Kier molecular flexibility index (Phi) is 3.69. The van der Waals surface area contributed by atoms with E-state index in [0.29, 0.717) is 10.6 Å². The van der Waals surface area contributed by atoms with Crippen molar-refractivity contribution in [3.05, 3.63) is 40.3 Å². The fourth-order valence-corrected chi connectivity index (χ4v) is 3.35. The highest BCUT2D eigenvalue weighted by atomic mass is 32.1. The average Bonchev–Trinajstić information content (AvgIpc) is 2.74. The maximum absolute atomic E-state index is 9.11. The number of thiophene rings is 1. The lowest BCUT2D eigenvalue weighted by atomic mass is 10.00. The summed E-state index contributed by atoms with van der Waals surface area (Å²) in [7, 11) is 0. The molecule has 92 valence electrons. The molecule has 18 heavy (non-hydrogen) atoms. The average molecular weight is 256 g/mol. The summed E-state index contributed by atoms with van der Waals surface area (Å²) >= 11 is 1.51. The molecule has 1 heterocycles. The van der Waals surface area contributed by atoms with E-state index in [0.717, 1.165) is 23.3 Å². The third kappa shape index (κ3) is 2.00. The van der Waals surface area contributed by atoms with Crippen molar-refractivity contribution in [3.8, 4) is 16.5 Å². The van der Waals surface area contributed by atoms with Gasteiger partial charge in [-0.2, -0.15) is 5.26 Å². The predicted octanol–water partition coefficient (Wildman–Crippen LogP) is 3.99. The molecule has 2 aromatic rings. The van der Waals surface area contributed by atoms with Gasteiger partial charge in [-0.25, -0.2) is 0 Å². The van der Waals surface area contributed by atoms with Crippen LogP contribution >= 0.6 is 11.3 Å². The van der Waals surface area contributed by atoms with Gasteiger partial charge >= 0.3 is 0 Å². The van der Waals surface area contributed by atoms with Crippen LogP contribution in [0.15, 0.2) is 24.3 Å². The van der Waals surface area contributed by atoms with Gasteiger partial charge in [-0.05, 0) is 29.5 Å². The van der Waals surface area contributed by atoms with E-state index in [1.807, 2.05) is 6.07 Å². The highest BCUT2D eigenvalue weighted by Crippen LogP contribution is 2.40. The fraction of sp³-hybridized carbons (Fsp3) is 0.267. The van der Waals surface area contributed by atoms with Crippen molar-refractivity contribution in [2.24, 2.45) is 0 Å². The summed E-state index contributed by atoms with van der Waals surface area (Å²) in [5.41, 5.74) is 10.3. The molecule has 2 nitrogen and oxygen atoms in total. The van der Waals surface area contributed by atoms with Gasteiger partial charge in [0.05, 0.1) is 5.69 Å². The molecule has 0 saturated carbocycles. The molecule has 0 fully saturated rings. The maximum atomic E-state index is 9.11. The van der Waals surface area contributed by atoms with Gasteiger partial charge in [0.1, 0.15) is 10.9 Å². The first-order valence-corrected chi connectivity index (χ1v) is 6.94. The van der Waals surface area contributed by atoms with Gasteiger partial charge in [-0.15, -0.1) is 11.3 Å². The monoisotopic (exact) mass is 256 g/mol. The highest BCUT2D eigenvalue weighted by Gasteiger charge is 2.17. The fourth-order valence-electron chi connectivity index (χ4n) is 2.18. The quantitative estimate of drug-likeness (QED) is 0.902. The Morgan fingerprint density at radius 1 is 1.22 bits per heavy atom. The second kappa shape index (κ2) is 5.24. The van der Waals surface area contributed by atoms with Gasteiger partial charge in [0, 0.05) is 4.88 Å². The minimum absolute atomic E-state index is 0.632. The molecule has 0 aliphatic heterocycles. The van der Waals surface area contributed by atoms with Gasteiger partial charge in [0.25, 0.3) is 0 Å². The van der Waals surface area contributed by atoms with Crippen molar-refractivity contribution in [2.45, 2.75) is 26.7 Å². The number of aryl methyl sites for hydroxylation is 1. The first-order chi connectivity index (χ1) is 8.72. The molecule has 0 atom stereocenters. The van der Waals surface area contributed by atoms with Crippen molar-refractivity contribution < 1.29 is 0 Å².